The minimum atomic E-state index is -0.492. The second-order valence-electron chi connectivity index (χ2n) is 5.70. The van der Waals surface area contributed by atoms with E-state index in [0.29, 0.717) is 11.5 Å². The monoisotopic (exact) mass is 327 g/mol. The van der Waals surface area contributed by atoms with Crippen molar-refractivity contribution in [1.29, 1.82) is 0 Å². The summed E-state index contributed by atoms with van der Waals surface area (Å²) in [7, 11) is 4.46. The highest BCUT2D eigenvalue weighted by molar-refractivity contribution is 5.90. The third-order valence-electron chi connectivity index (χ3n) is 4.00. The van der Waals surface area contributed by atoms with Gasteiger partial charge in [-0.25, -0.2) is 9.78 Å². The molecule has 0 saturated heterocycles. The van der Waals surface area contributed by atoms with Gasteiger partial charge in [0.2, 0.25) is 0 Å². The van der Waals surface area contributed by atoms with Crippen molar-refractivity contribution in [2.45, 2.75) is 6.92 Å². The Morgan fingerprint density at radius 2 is 1.71 bits per heavy atom. The van der Waals surface area contributed by atoms with Crippen LogP contribution in [0.3, 0.4) is 0 Å². The Kier molecular flexibility index (Phi) is 3.59. The van der Waals surface area contributed by atoms with E-state index in [4.69, 9.17) is 0 Å². The lowest BCUT2D eigenvalue weighted by Crippen LogP contribution is -2.39. The summed E-state index contributed by atoms with van der Waals surface area (Å²) in [6, 6.07) is 4.98. The van der Waals surface area contributed by atoms with Crippen LogP contribution in [0, 0.1) is 6.92 Å². The SMILES string of the molecule is Cc1ccnc(Nc2cc(=O)n(C)c3c2c(=O)n(C)c(=O)n3C)c1. The predicted molar refractivity (Wildman–Crippen MR) is 91.9 cm³/mol. The summed E-state index contributed by atoms with van der Waals surface area (Å²) in [5, 5.41) is 3.27. The number of aromatic nitrogens is 4. The summed E-state index contributed by atoms with van der Waals surface area (Å²) < 4.78 is 3.58. The molecule has 0 radical (unpaired) electrons. The van der Waals surface area contributed by atoms with Gasteiger partial charge >= 0.3 is 5.69 Å². The van der Waals surface area contributed by atoms with E-state index < -0.39 is 11.2 Å². The predicted octanol–water partition coefficient (Wildman–Crippen LogP) is 0.383. The Morgan fingerprint density at radius 1 is 1.00 bits per heavy atom. The second-order valence-corrected chi connectivity index (χ2v) is 5.70. The minimum Gasteiger partial charge on any atom is -0.339 e. The fourth-order valence-corrected chi connectivity index (χ4v) is 2.70. The molecule has 0 aliphatic heterocycles. The van der Waals surface area contributed by atoms with Gasteiger partial charge in [-0.3, -0.25) is 23.3 Å². The van der Waals surface area contributed by atoms with Crippen LogP contribution >= 0.6 is 0 Å². The van der Waals surface area contributed by atoms with E-state index in [-0.39, 0.29) is 16.6 Å². The van der Waals surface area contributed by atoms with Crippen molar-refractivity contribution in [3.05, 3.63) is 61.2 Å². The molecule has 3 aromatic rings. The van der Waals surface area contributed by atoms with Crippen LogP contribution in [0.25, 0.3) is 11.0 Å². The maximum atomic E-state index is 12.6. The zero-order valence-corrected chi connectivity index (χ0v) is 13.8. The molecule has 0 aromatic carbocycles. The number of pyridine rings is 2. The van der Waals surface area contributed by atoms with Gasteiger partial charge in [-0.2, -0.15) is 0 Å². The lowest BCUT2D eigenvalue weighted by molar-refractivity contribution is 0.689. The standard InChI is InChI=1S/C16H17N5O3/c1-9-5-6-17-11(7-9)18-10-8-12(22)19(2)14-13(10)15(23)21(4)16(24)20(14)3/h5-8H,1-4H3,(H,17,18). The number of nitrogens with zero attached hydrogens (tertiary/aromatic N) is 4. The molecule has 0 fully saturated rings. The van der Waals surface area contributed by atoms with Gasteiger partial charge in [0.25, 0.3) is 11.1 Å². The zero-order chi connectivity index (χ0) is 17.6. The summed E-state index contributed by atoms with van der Waals surface area (Å²) in [6.07, 6.45) is 1.63. The molecule has 24 heavy (non-hydrogen) atoms. The minimum absolute atomic E-state index is 0.255. The summed E-state index contributed by atoms with van der Waals surface area (Å²) in [5.74, 6) is 0.514. The van der Waals surface area contributed by atoms with Gasteiger partial charge in [0.15, 0.2) is 0 Å². The molecule has 0 spiro atoms. The number of hydrogen-bond donors (Lipinski definition) is 1. The zero-order valence-electron chi connectivity index (χ0n) is 13.8. The molecule has 8 heteroatoms. The molecule has 8 nitrogen and oxygen atoms in total. The molecule has 0 aliphatic carbocycles. The molecule has 3 rings (SSSR count). The first-order chi connectivity index (χ1) is 11.3. The van der Waals surface area contributed by atoms with Crippen molar-refractivity contribution in [3.63, 3.8) is 0 Å². The van der Waals surface area contributed by atoms with E-state index in [0.717, 1.165) is 10.1 Å². The first-order valence-corrected chi connectivity index (χ1v) is 7.30. The van der Waals surface area contributed by atoms with Crippen molar-refractivity contribution in [1.82, 2.24) is 18.7 Å². The second kappa shape index (κ2) is 5.48. The van der Waals surface area contributed by atoms with E-state index in [1.165, 1.54) is 36.3 Å². The number of nitrogens with one attached hydrogen (secondary N) is 1. The van der Waals surface area contributed by atoms with Crippen molar-refractivity contribution in [2.75, 3.05) is 5.32 Å². The van der Waals surface area contributed by atoms with Gasteiger partial charge in [-0.1, -0.05) is 0 Å². The first kappa shape index (κ1) is 15.7. The molecular weight excluding hydrogens is 310 g/mol. The highest BCUT2D eigenvalue weighted by Crippen LogP contribution is 2.20. The highest BCUT2D eigenvalue weighted by Gasteiger charge is 2.16. The fraction of sp³-hybridized carbons (Fsp3) is 0.250. The molecule has 0 aliphatic rings. The quantitative estimate of drug-likeness (QED) is 0.735. The van der Waals surface area contributed by atoms with Crippen molar-refractivity contribution in [2.24, 2.45) is 21.1 Å². The van der Waals surface area contributed by atoms with Crippen LogP contribution in [0.5, 0.6) is 0 Å². The van der Waals surface area contributed by atoms with Crippen LogP contribution in [0.2, 0.25) is 0 Å². The maximum absolute atomic E-state index is 12.6. The average molecular weight is 327 g/mol. The van der Waals surface area contributed by atoms with Gasteiger partial charge in [0.05, 0.1) is 5.69 Å². The number of aryl methyl sites for hydroxylation is 3. The summed E-state index contributed by atoms with van der Waals surface area (Å²) >= 11 is 0. The normalized spacial score (nSPS) is 11.0. The number of anilines is 2. The van der Waals surface area contributed by atoms with Crippen LogP contribution in [-0.4, -0.2) is 18.7 Å². The number of hydrogen-bond acceptors (Lipinski definition) is 5. The summed E-state index contributed by atoms with van der Waals surface area (Å²) in [5.41, 5.74) is 0.266. The van der Waals surface area contributed by atoms with Crippen LogP contribution in [-0.2, 0) is 21.1 Å². The van der Waals surface area contributed by atoms with E-state index in [1.54, 1.807) is 12.3 Å². The molecule has 0 amide bonds. The van der Waals surface area contributed by atoms with Gasteiger partial charge in [0, 0.05) is 33.4 Å². The third-order valence-corrected chi connectivity index (χ3v) is 4.00. The highest BCUT2D eigenvalue weighted by atomic mass is 16.2. The molecule has 3 heterocycles. The van der Waals surface area contributed by atoms with Crippen LogP contribution in [0.15, 0.2) is 38.8 Å². The Hall–Kier alpha value is -3.16. The first-order valence-electron chi connectivity index (χ1n) is 7.30. The van der Waals surface area contributed by atoms with Gasteiger partial charge in [-0.15, -0.1) is 0 Å². The van der Waals surface area contributed by atoms with Crippen LogP contribution < -0.4 is 22.1 Å². The van der Waals surface area contributed by atoms with E-state index in [2.05, 4.69) is 10.3 Å². The van der Waals surface area contributed by atoms with Gasteiger partial charge in [0.1, 0.15) is 16.9 Å². The smallest absolute Gasteiger partial charge is 0.332 e. The Labute approximate surface area is 136 Å². The summed E-state index contributed by atoms with van der Waals surface area (Å²) in [6.45, 7) is 1.91. The van der Waals surface area contributed by atoms with Gasteiger partial charge in [-0.05, 0) is 24.6 Å². The lowest BCUT2D eigenvalue weighted by atomic mass is 10.2. The average Bonchev–Trinajstić information content (AvgIpc) is 2.54. The van der Waals surface area contributed by atoms with Crippen molar-refractivity contribution < 1.29 is 0 Å². The van der Waals surface area contributed by atoms with E-state index in [9.17, 15) is 14.4 Å². The Bertz CT molecular complexity index is 1140. The Balaban J connectivity index is 2.41. The van der Waals surface area contributed by atoms with E-state index >= 15 is 0 Å². The lowest BCUT2D eigenvalue weighted by Gasteiger charge is -2.15. The number of rotatable bonds is 2. The third kappa shape index (κ3) is 2.32. The van der Waals surface area contributed by atoms with Crippen LogP contribution in [0.1, 0.15) is 5.56 Å². The van der Waals surface area contributed by atoms with Crippen LogP contribution in [0.4, 0.5) is 11.5 Å². The molecule has 124 valence electrons. The molecule has 0 unspecified atom stereocenters. The number of fused-ring (bicyclic) bond motifs is 1. The van der Waals surface area contributed by atoms with Crippen molar-refractivity contribution in [3.8, 4) is 0 Å². The van der Waals surface area contributed by atoms with Gasteiger partial charge < -0.3 is 5.32 Å². The molecule has 1 N–H and O–H groups in total. The topological polar surface area (TPSA) is 90.9 Å². The molecular formula is C16H17N5O3. The van der Waals surface area contributed by atoms with Crippen molar-refractivity contribution >= 4 is 22.5 Å². The Morgan fingerprint density at radius 3 is 2.38 bits per heavy atom. The summed E-state index contributed by atoms with van der Waals surface area (Å²) in [4.78, 5) is 41.2. The molecule has 0 bridgehead atoms. The fourth-order valence-electron chi connectivity index (χ4n) is 2.70. The molecule has 0 saturated carbocycles. The molecule has 0 atom stereocenters. The van der Waals surface area contributed by atoms with E-state index in [1.807, 2.05) is 13.0 Å². The molecule has 3 aromatic heterocycles. The largest absolute Gasteiger partial charge is 0.339 e. The maximum Gasteiger partial charge on any atom is 0.332 e.